The second-order valence-electron chi connectivity index (χ2n) is 7.34. The van der Waals surface area contributed by atoms with Gasteiger partial charge in [-0.15, -0.1) is 0 Å². The van der Waals surface area contributed by atoms with E-state index >= 15 is 0 Å². The van der Waals surface area contributed by atoms with Crippen molar-refractivity contribution in [1.82, 2.24) is 9.80 Å². The molecule has 2 aliphatic heterocycles. The van der Waals surface area contributed by atoms with Crippen LogP contribution in [0.2, 0.25) is 0 Å². The lowest BCUT2D eigenvalue weighted by molar-refractivity contribution is -0.127. The Morgan fingerprint density at radius 3 is 2.38 bits per heavy atom. The third-order valence-corrected chi connectivity index (χ3v) is 4.60. The van der Waals surface area contributed by atoms with Crippen LogP contribution in [0, 0.1) is 0 Å². The molecule has 0 spiro atoms. The molecule has 0 N–H and O–H groups in total. The van der Waals surface area contributed by atoms with Gasteiger partial charge in [0.05, 0.1) is 6.04 Å². The minimum absolute atomic E-state index is 0.0385. The molecule has 0 aliphatic carbocycles. The zero-order chi connectivity index (χ0) is 17.5. The maximum atomic E-state index is 12.6. The average Bonchev–Trinajstić information content (AvgIpc) is 3.13. The van der Waals surface area contributed by atoms with Gasteiger partial charge in [0, 0.05) is 18.7 Å². The topological polar surface area (TPSA) is 66.9 Å². The molecular weight excluding hydrogens is 308 g/mol. The van der Waals surface area contributed by atoms with Gasteiger partial charge < -0.3 is 9.64 Å². The van der Waals surface area contributed by atoms with Crippen LogP contribution < -0.4 is 0 Å². The Balaban J connectivity index is 1.68. The number of benzene rings is 1. The maximum Gasteiger partial charge on any atom is 0.417 e. The van der Waals surface area contributed by atoms with Crippen molar-refractivity contribution in [3.8, 4) is 0 Å². The lowest BCUT2D eigenvalue weighted by Gasteiger charge is -2.21. The summed E-state index contributed by atoms with van der Waals surface area (Å²) < 4.78 is 4.75. The summed E-state index contributed by atoms with van der Waals surface area (Å²) in [6.45, 7) is 7.07. The van der Waals surface area contributed by atoms with E-state index in [9.17, 15) is 14.4 Å². The molecule has 0 radical (unpaired) electrons. The Labute approximate surface area is 141 Å². The number of likely N-dealkylation sites (tertiary alicyclic amines) is 1. The molecule has 2 heterocycles. The molecule has 0 saturated carbocycles. The molecule has 24 heavy (non-hydrogen) atoms. The fraction of sp³-hybridized carbons (Fsp3) is 0.500. The smallest absolute Gasteiger partial charge is 0.417 e. The maximum absolute atomic E-state index is 12.6. The number of ether oxygens (including phenoxy) is 1. The van der Waals surface area contributed by atoms with Crippen molar-refractivity contribution >= 4 is 17.9 Å². The van der Waals surface area contributed by atoms with Crippen LogP contribution in [0.3, 0.4) is 0 Å². The predicted octanol–water partition coefficient (Wildman–Crippen LogP) is 2.18. The molecule has 1 aromatic rings. The van der Waals surface area contributed by atoms with Crippen LogP contribution in [0.5, 0.6) is 0 Å². The summed E-state index contributed by atoms with van der Waals surface area (Å²) >= 11 is 0. The minimum atomic E-state index is -0.603. The van der Waals surface area contributed by atoms with Crippen molar-refractivity contribution in [2.45, 2.75) is 38.6 Å². The minimum Gasteiger partial charge on any atom is -0.439 e. The first-order valence-corrected chi connectivity index (χ1v) is 8.16. The summed E-state index contributed by atoms with van der Waals surface area (Å²) in [4.78, 5) is 38.8. The Bertz CT molecular complexity index is 659. The van der Waals surface area contributed by atoms with Crippen LogP contribution >= 0.6 is 0 Å². The van der Waals surface area contributed by atoms with Crippen LogP contribution in [-0.4, -0.2) is 53.4 Å². The van der Waals surface area contributed by atoms with Crippen molar-refractivity contribution in [2.24, 2.45) is 0 Å². The van der Waals surface area contributed by atoms with Crippen molar-refractivity contribution in [3.63, 3.8) is 0 Å². The first kappa shape index (κ1) is 16.5. The van der Waals surface area contributed by atoms with Crippen LogP contribution in [0.1, 0.15) is 43.1 Å². The van der Waals surface area contributed by atoms with Crippen molar-refractivity contribution < 1.29 is 19.1 Å². The van der Waals surface area contributed by atoms with Gasteiger partial charge in [0.1, 0.15) is 0 Å². The monoisotopic (exact) mass is 330 g/mol. The molecule has 3 amide bonds. The van der Waals surface area contributed by atoms with Crippen LogP contribution in [0.25, 0.3) is 0 Å². The molecule has 2 saturated heterocycles. The van der Waals surface area contributed by atoms with Gasteiger partial charge in [0.2, 0.25) is 0 Å². The molecule has 128 valence electrons. The molecule has 2 aliphatic rings. The number of hydrogen-bond acceptors (Lipinski definition) is 4. The van der Waals surface area contributed by atoms with Crippen LogP contribution in [-0.2, 0) is 14.9 Å². The van der Waals surface area contributed by atoms with E-state index in [1.165, 1.54) is 5.56 Å². The van der Waals surface area contributed by atoms with Crippen LogP contribution in [0.4, 0.5) is 4.79 Å². The molecule has 0 bridgehead atoms. The van der Waals surface area contributed by atoms with E-state index in [4.69, 9.17) is 4.74 Å². The number of carbonyl (C=O) groups is 3. The van der Waals surface area contributed by atoms with Gasteiger partial charge in [-0.25, -0.2) is 9.69 Å². The van der Waals surface area contributed by atoms with Crippen molar-refractivity contribution in [1.29, 1.82) is 0 Å². The van der Waals surface area contributed by atoms with Gasteiger partial charge in [-0.1, -0.05) is 32.9 Å². The molecule has 2 fully saturated rings. The number of rotatable bonds is 2. The highest BCUT2D eigenvalue weighted by Gasteiger charge is 2.41. The third-order valence-electron chi connectivity index (χ3n) is 4.60. The highest BCUT2D eigenvalue weighted by atomic mass is 16.6. The van der Waals surface area contributed by atoms with Crippen molar-refractivity contribution in [2.75, 3.05) is 19.7 Å². The summed E-state index contributed by atoms with van der Waals surface area (Å²) in [6.07, 6.45) is -0.0130. The highest BCUT2D eigenvalue weighted by molar-refractivity contribution is 5.98. The van der Waals surface area contributed by atoms with Gasteiger partial charge in [-0.05, 0) is 29.5 Å². The van der Waals surface area contributed by atoms with E-state index in [1.54, 1.807) is 4.90 Å². The van der Waals surface area contributed by atoms with Gasteiger partial charge >= 0.3 is 6.09 Å². The largest absolute Gasteiger partial charge is 0.439 e. The van der Waals surface area contributed by atoms with E-state index in [-0.39, 0.29) is 29.9 Å². The second kappa shape index (κ2) is 5.92. The summed E-state index contributed by atoms with van der Waals surface area (Å²) in [6, 6.07) is 7.34. The number of amides is 3. The van der Waals surface area contributed by atoms with Gasteiger partial charge in [0.15, 0.2) is 6.61 Å². The van der Waals surface area contributed by atoms with Gasteiger partial charge in [0.25, 0.3) is 11.8 Å². The first-order valence-electron chi connectivity index (χ1n) is 8.16. The molecule has 1 atom stereocenters. The number of hydrogen-bond donors (Lipinski definition) is 0. The van der Waals surface area contributed by atoms with Crippen molar-refractivity contribution in [3.05, 3.63) is 35.4 Å². The normalized spacial score (nSPS) is 21.4. The third kappa shape index (κ3) is 3.00. The fourth-order valence-corrected chi connectivity index (χ4v) is 3.15. The Morgan fingerprint density at radius 1 is 1.17 bits per heavy atom. The highest BCUT2D eigenvalue weighted by Crippen LogP contribution is 2.24. The van der Waals surface area contributed by atoms with Gasteiger partial charge in [-0.3, -0.25) is 9.59 Å². The zero-order valence-corrected chi connectivity index (χ0v) is 14.2. The standard InChI is InChI=1S/C18H22N2O4/c1-18(2,3)13-6-4-12(5-7-13)16(22)19-9-8-14(10-19)20-15(21)11-24-17(20)23/h4-7,14H,8-11H2,1-3H3. The van der Waals surface area contributed by atoms with Gasteiger partial charge in [-0.2, -0.15) is 0 Å². The van der Waals surface area contributed by atoms with E-state index in [0.29, 0.717) is 25.1 Å². The molecule has 0 aromatic heterocycles. The summed E-state index contributed by atoms with van der Waals surface area (Å²) in [7, 11) is 0. The predicted molar refractivity (Wildman–Crippen MR) is 87.6 cm³/mol. The molecule has 1 aromatic carbocycles. The van der Waals surface area contributed by atoms with E-state index in [0.717, 1.165) is 4.90 Å². The number of imide groups is 1. The number of carbonyl (C=O) groups excluding carboxylic acids is 3. The Hall–Kier alpha value is -2.37. The SMILES string of the molecule is CC(C)(C)c1ccc(C(=O)N2CCC(N3C(=O)COC3=O)C2)cc1. The summed E-state index contributed by atoms with van der Waals surface area (Å²) in [5.74, 6) is -0.396. The molecular formula is C18H22N2O4. The quantitative estimate of drug-likeness (QED) is 0.833. The lowest BCUT2D eigenvalue weighted by Crippen LogP contribution is -2.42. The Kier molecular flexibility index (Phi) is 4.07. The molecule has 1 unspecified atom stereocenters. The average molecular weight is 330 g/mol. The Morgan fingerprint density at radius 2 is 1.83 bits per heavy atom. The summed E-state index contributed by atoms with van der Waals surface area (Å²) in [5, 5.41) is 0. The molecule has 6 heteroatoms. The van der Waals surface area contributed by atoms with E-state index in [2.05, 4.69) is 20.8 Å². The second-order valence-corrected chi connectivity index (χ2v) is 7.34. The van der Waals surface area contributed by atoms with Crippen LogP contribution in [0.15, 0.2) is 24.3 Å². The van der Waals surface area contributed by atoms with E-state index < -0.39 is 6.09 Å². The van der Waals surface area contributed by atoms with E-state index in [1.807, 2.05) is 24.3 Å². The lowest BCUT2D eigenvalue weighted by atomic mass is 9.86. The molecule has 6 nitrogen and oxygen atoms in total. The number of cyclic esters (lactones) is 1. The summed E-state index contributed by atoms with van der Waals surface area (Å²) in [5.41, 5.74) is 1.83. The molecule has 3 rings (SSSR count). The zero-order valence-electron chi connectivity index (χ0n) is 14.2. The fourth-order valence-electron chi connectivity index (χ4n) is 3.15. The number of nitrogens with zero attached hydrogens (tertiary/aromatic N) is 2. The first-order chi connectivity index (χ1) is 11.3.